The highest BCUT2D eigenvalue weighted by Crippen LogP contribution is 1.99. The van der Waals surface area contributed by atoms with Crippen LogP contribution in [0.25, 0.3) is 0 Å². The molecule has 0 amide bonds. The maximum absolute atomic E-state index is 11.0. The third-order valence-electron chi connectivity index (χ3n) is 1.26. The Labute approximate surface area is 63.3 Å². The Bertz CT molecular complexity index is 328. The van der Waals surface area contributed by atoms with E-state index < -0.39 is 0 Å². The lowest BCUT2D eigenvalue weighted by Crippen LogP contribution is -2.35. The molecule has 0 aliphatic rings. The van der Waals surface area contributed by atoms with Gasteiger partial charge in [0.05, 0.1) is 6.20 Å². The van der Waals surface area contributed by atoms with Gasteiger partial charge in [-0.3, -0.25) is 0 Å². The van der Waals surface area contributed by atoms with Crippen molar-refractivity contribution >= 4 is 5.82 Å². The van der Waals surface area contributed by atoms with Crippen LogP contribution in [0, 0.1) is 23.5 Å². The minimum atomic E-state index is -0.148. The summed E-state index contributed by atoms with van der Waals surface area (Å²) in [7, 11) is 0. The third-order valence-corrected chi connectivity index (χ3v) is 1.26. The van der Waals surface area contributed by atoms with E-state index in [1.54, 1.807) is 13.0 Å². The first-order valence-corrected chi connectivity index (χ1v) is 2.91. The summed E-state index contributed by atoms with van der Waals surface area (Å²) in [6.07, 6.45) is 1.32. The highest BCUT2D eigenvalue weighted by Gasteiger charge is 2.12. The molecule has 5 nitrogen and oxygen atoms in total. The van der Waals surface area contributed by atoms with Crippen molar-refractivity contribution in [3.05, 3.63) is 22.8 Å². The van der Waals surface area contributed by atoms with Gasteiger partial charge in [-0.1, -0.05) is 0 Å². The van der Waals surface area contributed by atoms with E-state index in [9.17, 15) is 5.21 Å². The monoisotopic (exact) mass is 150 g/mol. The van der Waals surface area contributed by atoms with Gasteiger partial charge in [0.2, 0.25) is 11.5 Å². The lowest BCUT2D eigenvalue weighted by Gasteiger charge is -2.01. The summed E-state index contributed by atoms with van der Waals surface area (Å²) in [4.78, 5) is 3.64. The summed E-state index contributed by atoms with van der Waals surface area (Å²) in [5.74, 6) is -0.0342. The van der Waals surface area contributed by atoms with Gasteiger partial charge in [-0.2, -0.15) is 9.99 Å². The number of anilines is 1. The Balaban J connectivity index is 3.44. The van der Waals surface area contributed by atoms with Crippen LogP contribution in [-0.2, 0) is 0 Å². The van der Waals surface area contributed by atoms with E-state index in [0.717, 1.165) is 0 Å². The maximum Gasteiger partial charge on any atom is 0.337 e. The summed E-state index contributed by atoms with van der Waals surface area (Å²) in [5, 5.41) is 19.4. The fourth-order valence-electron chi connectivity index (χ4n) is 0.660. The van der Waals surface area contributed by atoms with Gasteiger partial charge in [0.25, 0.3) is 0 Å². The maximum atomic E-state index is 11.0. The predicted molar refractivity (Wildman–Crippen MR) is 37.1 cm³/mol. The zero-order chi connectivity index (χ0) is 8.43. The largest absolute Gasteiger partial charge is 0.617 e. The quantitative estimate of drug-likeness (QED) is 0.398. The third kappa shape index (κ3) is 1.05. The van der Waals surface area contributed by atoms with E-state index in [-0.39, 0.29) is 11.5 Å². The second-order valence-corrected chi connectivity index (χ2v) is 2.04. The molecule has 0 radical (unpaired) electrons. The average molecular weight is 150 g/mol. The highest BCUT2D eigenvalue weighted by atomic mass is 16.5. The van der Waals surface area contributed by atoms with Crippen molar-refractivity contribution < 1.29 is 4.73 Å². The number of nitrogens with zero attached hydrogens (tertiary/aromatic N) is 3. The standard InChI is InChI=1S/C6H6N4O/c1-4-3-9-6(8)5(2-7)10(4)11/h3H,1H3,(H2,8,9). The Morgan fingerprint density at radius 3 is 2.91 bits per heavy atom. The molecule has 0 unspecified atom stereocenters. The van der Waals surface area contributed by atoms with Crippen LogP contribution in [0.4, 0.5) is 5.82 Å². The van der Waals surface area contributed by atoms with E-state index in [2.05, 4.69) is 4.98 Å². The zero-order valence-electron chi connectivity index (χ0n) is 5.90. The molecule has 1 rings (SSSR count). The predicted octanol–water partition coefficient (Wildman–Crippen LogP) is -0.523. The molecule has 0 fully saturated rings. The Morgan fingerprint density at radius 2 is 2.45 bits per heavy atom. The van der Waals surface area contributed by atoms with Crippen LogP contribution in [0.2, 0.25) is 0 Å². The van der Waals surface area contributed by atoms with Crippen LogP contribution in [0.3, 0.4) is 0 Å². The van der Waals surface area contributed by atoms with Crippen molar-refractivity contribution in [2.75, 3.05) is 5.73 Å². The SMILES string of the molecule is Cc1cnc(N)c(C#N)[n+]1[O-]. The number of rotatable bonds is 0. The molecule has 11 heavy (non-hydrogen) atoms. The van der Waals surface area contributed by atoms with Crippen molar-refractivity contribution in [1.82, 2.24) is 4.98 Å². The highest BCUT2D eigenvalue weighted by molar-refractivity contribution is 5.39. The molecule has 0 aliphatic heterocycles. The molecule has 0 atom stereocenters. The Morgan fingerprint density at radius 1 is 1.82 bits per heavy atom. The van der Waals surface area contributed by atoms with Gasteiger partial charge in [-0.15, -0.1) is 0 Å². The van der Waals surface area contributed by atoms with E-state index in [1.165, 1.54) is 6.20 Å². The number of nitrogen functional groups attached to an aromatic ring is 1. The minimum Gasteiger partial charge on any atom is -0.617 e. The normalized spacial score (nSPS) is 9.09. The second-order valence-electron chi connectivity index (χ2n) is 2.04. The molecule has 5 heteroatoms. The van der Waals surface area contributed by atoms with Crippen LogP contribution in [0.1, 0.15) is 11.4 Å². The zero-order valence-corrected chi connectivity index (χ0v) is 5.90. The molecule has 1 aromatic rings. The molecule has 0 aromatic carbocycles. The number of aromatic nitrogens is 2. The van der Waals surface area contributed by atoms with Gasteiger partial charge in [0.15, 0.2) is 6.07 Å². The first-order chi connectivity index (χ1) is 5.16. The molecule has 0 spiro atoms. The molecule has 0 saturated heterocycles. The topological polar surface area (TPSA) is 89.6 Å². The second kappa shape index (κ2) is 2.42. The van der Waals surface area contributed by atoms with Crippen LogP contribution in [-0.4, -0.2) is 4.98 Å². The fraction of sp³-hybridized carbons (Fsp3) is 0.167. The van der Waals surface area contributed by atoms with Crippen LogP contribution in [0.15, 0.2) is 6.20 Å². The average Bonchev–Trinajstić information content (AvgIpc) is 1.99. The van der Waals surface area contributed by atoms with Crippen LogP contribution >= 0.6 is 0 Å². The van der Waals surface area contributed by atoms with Gasteiger partial charge >= 0.3 is 5.69 Å². The summed E-state index contributed by atoms with van der Waals surface area (Å²) >= 11 is 0. The van der Waals surface area contributed by atoms with Crippen molar-refractivity contribution in [3.63, 3.8) is 0 Å². The number of aryl methyl sites for hydroxylation is 1. The van der Waals surface area contributed by atoms with Gasteiger partial charge in [0.1, 0.15) is 0 Å². The van der Waals surface area contributed by atoms with Gasteiger partial charge in [0, 0.05) is 6.92 Å². The number of nitriles is 1. The van der Waals surface area contributed by atoms with Crippen LogP contribution in [0.5, 0.6) is 0 Å². The smallest absolute Gasteiger partial charge is 0.337 e. The molecule has 0 saturated carbocycles. The number of hydrogen-bond donors (Lipinski definition) is 1. The Kier molecular flexibility index (Phi) is 1.60. The van der Waals surface area contributed by atoms with Crippen molar-refractivity contribution in [2.45, 2.75) is 6.92 Å². The number of nitrogens with two attached hydrogens (primary N) is 1. The fourth-order valence-corrected chi connectivity index (χ4v) is 0.660. The van der Waals surface area contributed by atoms with E-state index in [1.807, 2.05) is 0 Å². The Hall–Kier alpha value is -1.83. The molecule has 0 aliphatic carbocycles. The molecule has 0 bridgehead atoms. The van der Waals surface area contributed by atoms with Crippen molar-refractivity contribution in [3.8, 4) is 6.07 Å². The van der Waals surface area contributed by atoms with Gasteiger partial charge < -0.3 is 10.9 Å². The van der Waals surface area contributed by atoms with Gasteiger partial charge in [-0.05, 0) is 0 Å². The van der Waals surface area contributed by atoms with Crippen molar-refractivity contribution in [2.24, 2.45) is 0 Å². The van der Waals surface area contributed by atoms with E-state index >= 15 is 0 Å². The summed E-state index contributed by atoms with van der Waals surface area (Å²) < 4.78 is 0.461. The summed E-state index contributed by atoms with van der Waals surface area (Å²) in [5.41, 5.74) is 5.46. The molecule has 1 aromatic heterocycles. The molecule has 56 valence electrons. The number of hydrogen-bond acceptors (Lipinski definition) is 4. The first-order valence-electron chi connectivity index (χ1n) is 2.91. The van der Waals surface area contributed by atoms with Gasteiger partial charge in [-0.25, -0.2) is 4.98 Å². The van der Waals surface area contributed by atoms with Crippen LogP contribution < -0.4 is 10.5 Å². The molecule has 2 N–H and O–H groups in total. The van der Waals surface area contributed by atoms with Crippen molar-refractivity contribution in [1.29, 1.82) is 5.26 Å². The summed E-state index contributed by atoms with van der Waals surface area (Å²) in [6, 6.07) is 1.67. The molecule has 1 heterocycles. The lowest BCUT2D eigenvalue weighted by atomic mass is 10.4. The summed E-state index contributed by atoms with van der Waals surface area (Å²) in [6.45, 7) is 1.56. The van der Waals surface area contributed by atoms with E-state index in [0.29, 0.717) is 10.4 Å². The first kappa shape index (κ1) is 7.28. The lowest BCUT2D eigenvalue weighted by molar-refractivity contribution is -0.614. The minimum absolute atomic E-state index is 0.0342. The molecular weight excluding hydrogens is 144 g/mol. The van der Waals surface area contributed by atoms with E-state index in [4.69, 9.17) is 11.0 Å². The molecular formula is C6H6N4O.